The van der Waals surface area contributed by atoms with Crippen LogP contribution in [0.25, 0.3) is 0 Å². The van der Waals surface area contributed by atoms with Crippen LogP contribution < -0.4 is 5.32 Å². The summed E-state index contributed by atoms with van der Waals surface area (Å²) in [5, 5.41) is 14.0. The number of piperidine rings is 1. The number of aliphatic hydroxyl groups is 1. The van der Waals surface area contributed by atoms with Gasteiger partial charge in [-0.2, -0.15) is 0 Å². The summed E-state index contributed by atoms with van der Waals surface area (Å²) in [7, 11) is 0. The minimum absolute atomic E-state index is 0.402. The van der Waals surface area contributed by atoms with E-state index in [2.05, 4.69) is 19.2 Å². The molecule has 1 saturated carbocycles. The maximum atomic E-state index is 10.7. The van der Waals surface area contributed by atoms with Crippen LogP contribution in [-0.2, 0) is 0 Å². The molecule has 1 heterocycles. The molecule has 1 aliphatic carbocycles. The second-order valence-electron chi connectivity index (χ2n) is 6.00. The summed E-state index contributed by atoms with van der Waals surface area (Å²) < 4.78 is 0. The Hall–Kier alpha value is -0.0800. The molecule has 15 heavy (non-hydrogen) atoms. The van der Waals surface area contributed by atoms with Crippen LogP contribution in [0.1, 0.15) is 46.0 Å². The first-order valence-corrected chi connectivity index (χ1v) is 6.53. The van der Waals surface area contributed by atoms with E-state index in [1.54, 1.807) is 0 Å². The smallest absolute Gasteiger partial charge is 0.0800 e. The Morgan fingerprint density at radius 2 is 1.80 bits per heavy atom. The van der Waals surface area contributed by atoms with Gasteiger partial charge < -0.3 is 10.4 Å². The summed E-state index contributed by atoms with van der Waals surface area (Å²) in [6, 6.07) is 0. The highest BCUT2D eigenvalue weighted by atomic mass is 16.3. The van der Waals surface area contributed by atoms with Gasteiger partial charge in [0.1, 0.15) is 0 Å². The lowest BCUT2D eigenvalue weighted by atomic mass is 9.67. The Morgan fingerprint density at radius 3 is 2.33 bits per heavy atom. The number of β-amino-alcohol motifs (C(OH)–C–C–N with tert-alkyl or cyclic N) is 1. The van der Waals surface area contributed by atoms with Gasteiger partial charge in [-0.15, -0.1) is 0 Å². The largest absolute Gasteiger partial charge is 0.388 e. The average Bonchev–Trinajstić information content (AvgIpc) is 2.17. The van der Waals surface area contributed by atoms with Crippen LogP contribution in [0.4, 0.5) is 0 Å². The van der Waals surface area contributed by atoms with Gasteiger partial charge in [-0.1, -0.05) is 13.8 Å². The van der Waals surface area contributed by atoms with E-state index >= 15 is 0 Å². The number of hydrogen-bond donors (Lipinski definition) is 2. The fraction of sp³-hybridized carbons (Fsp3) is 1.00. The molecule has 0 amide bonds. The fourth-order valence-corrected chi connectivity index (χ4v) is 3.65. The molecule has 0 spiro atoms. The highest BCUT2D eigenvalue weighted by Gasteiger charge is 2.40. The molecule has 2 heteroatoms. The predicted octanol–water partition coefficient (Wildman–Crippen LogP) is 2.17. The van der Waals surface area contributed by atoms with Crippen LogP contribution >= 0.6 is 0 Å². The van der Waals surface area contributed by atoms with Crippen molar-refractivity contribution in [1.29, 1.82) is 0 Å². The summed E-state index contributed by atoms with van der Waals surface area (Å²) in [6.07, 6.45) is 5.94. The summed E-state index contributed by atoms with van der Waals surface area (Å²) in [5.74, 6) is 2.12. The third-order valence-electron chi connectivity index (χ3n) is 4.33. The summed E-state index contributed by atoms with van der Waals surface area (Å²) in [4.78, 5) is 0. The van der Waals surface area contributed by atoms with Gasteiger partial charge in [0, 0.05) is 6.54 Å². The molecule has 2 aliphatic rings. The van der Waals surface area contributed by atoms with Crippen LogP contribution in [0, 0.1) is 17.8 Å². The Labute approximate surface area is 93.5 Å². The molecule has 2 rings (SSSR count). The van der Waals surface area contributed by atoms with Crippen LogP contribution in [0.5, 0.6) is 0 Å². The van der Waals surface area contributed by atoms with Crippen molar-refractivity contribution in [1.82, 2.24) is 5.32 Å². The van der Waals surface area contributed by atoms with Crippen LogP contribution in [-0.4, -0.2) is 23.8 Å². The zero-order chi connectivity index (χ0) is 10.9. The molecule has 0 aromatic heterocycles. The lowest BCUT2D eigenvalue weighted by molar-refractivity contribution is -0.0637. The maximum absolute atomic E-state index is 10.7. The molecule has 2 N–H and O–H groups in total. The highest BCUT2D eigenvalue weighted by Crippen LogP contribution is 2.41. The van der Waals surface area contributed by atoms with Crippen molar-refractivity contribution in [3.63, 3.8) is 0 Å². The van der Waals surface area contributed by atoms with Gasteiger partial charge in [0.05, 0.1) is 5.60 Å². The topological polar surface area (TPSA) is 32.3 Å². The lowest BCUT2D eigenvalue weighted by Gasteiger charge is -2.44. The van der Waals surface area contributed by atoms with Crippen molar-refractivity contribution in [2.45, 2.75) is 51.6 Å². The first-order chi connectivity index (χ1) is 7.10. The first kappa shape index (κ1) is 11.4. The Kier molecular flexibility index (Phi) is 3.36. The van der Waals surface area contributed by atoms with Crippen LogP contribution in [0.15, 0.2) is 0 Å². The molecular weight excluding hydrogens is 186 g/mol. The van der Waals surface area contributed by atoms with E-state index in [0.29, 0.717) is 5.92 Å². The van der Waals surface area contributed by atoms with E-state index in [1.807, 2.05) is 0 Å². The minimum atomic E-state index is -0.402. The quantitative estimate of drug-likeness (QED) is 0.697. The zero-order valence-corrected chi connectivity index (χ0v) is 10.1. The molecule has 2 nitrogen and oxygen atoms in total. The Bertz CT molecular complexity index is 201. The van der Waals surface area contributed by atoms with E-state index in [9.17, 15) is 5.11 Å². The van der Waals surface area contributed by atoms with Crippen molar-refractivity contribution in [2.75, 3.05) is 13.1 Å². The van der Waals surface area contributed by atoms with E-state index in [-0.39, 0.29) is 0 Å². The van der Waals surface area contributed by atoms with Crippen molar-refractivity contribution >= 4 is 0 Å². The second kappa shape index (κ2) is 4.42. The lowest BCUT2D eigenvalue weighted by Crippen LogP contribution is -2.52. The third kappa shape index (κ3) is 2.54. The van der Waals surface area contributed by atoms with E-state index < -0.39 is 5.60 Å². The van der Waals surface area contributed by atoms with Crippen molar-refractivity contribution in [3.8, 4) is 0 Å². The molecule has 0 aromatic rings. The molecule has 3 atom stereocenters. The highest BCUT2D eigenvalue weighted by molar-refractivity contribution is 4.94. The van der Waals surface area contributed by atoms with Gasteiger partial charge in [0.25, 0.3) is 0 Å². The SMILES string of the molecule is CC1CC(C)CC(C2(O)CCCNC2)C1. The van der Waals surface area contributed by atoms with E-state index in [1.165, 1.54) is 19.3 Å². The molecule has 0 radical (unpaired) electrons. The monoisotopic (exact) mass is 211 g/mol. The van der Waals surface area contributed by atoms with Crippen molar-refractivity contribution in [2.24, 2.45) is 17.8 Å². The summed E-state index contributed by atoms with van der Waals surface area (Å²) in [6.45, 7) is 6.57. The molecule has 88 valence electrons. The summed E-state index contributed by atoms with van der Waals surface area (Å²) >= 11 is 0. The molecule has 1 saturated heterocycles. The minimum Gasteiger partial charge on any atom is -0.388 e. The Morgan fingerprint density at radius 1 is 1.13 bits per heavy atom. The van der Waals surface area contributed by atoms with Gasteiger partial charge in [-0.05, 0) is 56.4 Å². The zero-order valence-electron chi connectivity index (χ0n) is 10.1. The van der Waals surface area contributed by atoms with Crippen molar-refractivity contribution < 1.29 is 5.11 Å². The van der Waals surface area contributed by atoms with Gasteiger partial charge >= 0.3 is 0 Å². The molecular formula is C13H25NO. The van der Waals surface area contributed by atoms with Crippen LogP contribution in [0.2, 0.25) is 0 Å². The predicted molar refractivity (Wildman–Crippen MR) is 62.7 cm³/mol. The van der Waals surface area contributed by atoms with E-state index in [4.69, 9.17) is 0 Å². The van der Waals surface area contributed by atoms with Gasteiger partial charge in [-0.3, -0.25) is 0 Å². The number of hydrogen-bond acceptors (Lipinski definition) is 2. The summed E-state index contributed by atoms with van der Waals surface area (Å²) in [5.41, 5.74) is -0.402. The van der Waals surface area contributed by atoms with Crippen LogP contribution in [0.3, 0.4) is 0 Å². The second-order valence-corrected chi connectivity index (χ2v) is 6.00. The molecule has 2 fully saturated rings. The van der Waals surface area contributed by atoms with Gasteiger partial charge in [-0.25, -0.2) is 0 Å². The van der Waals surface area contributed by atoms with Crippen molar-refractivity contribution in [3.05, 3.63) is 0 Å². The fourth-order valence-electron chi connectivity index (χ4n) is 3.65. The Balaban J connectivity index is 2.01. The molecule has 3 unspecified atom stereocenters. The molecule has 0 bridgehead atoms. The number of rotatable bonds is 1. The first-order valence-electron chi connectivity index (χ1n) is 6.53. The van der Waals surface area contributed by atoms with E-state index in [0.717, 1.165) is 37.8 Å². The normalized spacial score (nSPS) is 47.8. The van der Waals surface area contributed by atoms with Gasteiger partial charge in [0.15, 0.2) is 0 Å². The van der Waals surface area contributed by atoms with Gasteiger partial charge in [0.2, 0.25) is 0 Å². The average molecular weight is 211 g/mol. The standard InChI is InChI=1S/C13H25NO/c1-10-6-11(2)8-12(7-10)13(15)4-3-5-14-9-13/h10-12,14-15H,3-9H2,1-2H3. The maximum Gasteiger partial charge on any atom is 0.0800 e. The number of nitrogens with one attached hydrogen (secondary N) is 1. The molecule has 1 aliphatic heterocycles. The third-order valence-corrected chi connectivity index (χ3v) is 4.33. The molecule has 0 aromatic carbocycles.